The number of nitrogens with one attached hydrogen (secondary N) is 1. The second-order valence-corrected chi connectivity index (χ2v) is 7.14. The van der Waals surface area contributed by atoms with Gasteiger partial charge in [-0.2, -0.15) is 0 Å². The van der Waals surface area contributed by atoms with Gasteiger partial charge in [-0.3, -0.25) is 29.4 Å². The van der Waals surface area contributed by atoms with Gasteiger partial charge in [0.1, 0.15) is 6.04 Å². The topological polar surface area (TPSA) is 119 Å². The number of rotatable bonds is 5. The number of likely N-dealkylation sites (tertiary alicyclic amines) is 1. The molecule has 0 unspecified atom stereocenters. The Hall–Kier alpha value is -2.94. The Kier molecular flexibility index (Phi) is 5.37. The molecule has 0 radical (unpaired) electrons. The van der Waals surface area contributed by atoms with Crippen molar-refractivity contribution in [3.05, 3.63) is 39.4 Å². The number of hydrogen-bond donors (Lipinski definition) is 1. The van der Waals surface area contributed by atoms with E-state index in [0.29, 0.717) is 17.9 Å². The number of hydrogen-bond acceptors (Lipinski definition) is 6. The lowest BCUT2D eigenvalue weighted by atomic mass is 9.85. The Morgan fingerprint density at radius 3 is 2.68 bits per heavy atom. The van der Waals surface area contributed by atoms with E-state index in [-0.39, 0.29) is 23.0 Å². The summed E-state index contributed by atoms with van der Waals surface area (Å²) in [5.41, 5.74) is 0.00687. The molecule has 1 aromatic rings. The number of imide groups is 1. The highest BCUT2D eigenvalue weighted by molar-refractivity contribution is 6.30. The third kappa shape index (κ3) is 3.45. The summed E-state index contributed by atoms with van der Waals surface area (Å²) in [4.78, 5) is 49.2. The maximum atomic E-state index is 12.7. The number of halogens is 1. The standard InChI is InChI=1S/C18H18ClN3O6/c1-9(21-17(24)12-5-3-10(19)7-13(12)18(21)25)16(23)20-11-4-6-14(22(26)27)15(8-11)28-2/h3-4,6,8-9,12-13H,5,7H2,1-2H3,(H,20,23)/t9-,12-,13+/m0/s1. The number of nitrogens with zero attached hydrogens (tertiary/aromatic N) is 2. The molecule has 3 atom stereocenters. The average Bonchev–Trinajstić information content (AvgIpc) is 2.90. The van der Waals surface area contributed by atoms with E-state index in [2.05, 4.69) is 5.32 Å². The monoisotopic (exact) mass is 407 g/mol. The molecule has 1 heterocycles. The Morgan fingerprint density at radius 1 is 1.36 bits per heavy atom. The Balaban J connectivity index is 1.76. The molecule has 1 N–H and O–H groups in total. The third-order valence-corrected chi connectivity index (χ3v) is 5.32. The van der Waals surface area contributed by atoms with E-state index in [1.165, 1.54) is 32.2 Å². The zero-order chi connectivity index (χ0) is 20.6. The highest BCUT2D eigenvalue weighted by Crippen LogP contribution is 2.39. The maximum absolute atomic E-state index is 12.7. The number of amides is 3. The van der Waals surface area contributed by atoms with Crippen molar-refractivity contribution in [1.82, 2.24) is 4.90 Å². The summed E-state index contributed by atoms with van der Waals surface area (Å²) in [6.45, 7) is 1.46. The first-order valence-corrected chi connectivity index (χ1v) is 8.97. The van der Waals surface area contributed by atoms with Gasteiger partial charge in [-0.05, 0) is 25.8 Å². The van der Waals surface area contributed by atoms with E-state index in [1.807, 2.05) is 0 Å². The number of benzene rings is 1. The van der Waals surface area contributed by atoms with Crippen molar-refractivity contribution in [3.63, 3.8) is 0 Å². The Morgan fingerprint density at radius 2 is 2.04 bits per heavy atom. The molecule has 10 heteroatoms. The number of anilines is 1. The minimum atomic E-state index is -1.04. The smallest absolute Gasteiger partial charge is 0.311 e. The van der Waals surface area contributed by atoms with Crippen LogP contribution in [0.5, 0.6) is 5.75 Å². The van der Waals surface area contributed by atoms with Crippen molar-refractivity contribution in [1.29, 1.82) is 0 Å². The van der Waals surface area contributed by atoms with Crippen LogP contribution >= 0.6 is 11.6 Å². The number of allylic oxidation sites excluding steroid dienone is 2. The predicted octanol–water partition coefficient (Wildman–Crippen LogP) is 2.45. The number of ether oxygens (including phenoxy) is 1. The second kappa shape index (κ2) is 7.59. The summed E-state index contributed by atoms with van der Waals surface area (Å²) in [7, 11) is 1.28. The van der Waals surface area contributed by atoms with Crippen molar-refractivity contribution in [2.75, 3.05) is 12.4 Å². The molecule has 0 bridgehead atoms. The first kappa shape index (κ1) is 19.8. The van der Waals surface area contributed by atoms with Crippen LogP contribution in [0, 0.1) is 22.0 Å². The molecule has 3 rings (SSSR count). The highest BCUT2D eigenvalue weighted by atomic mass is 35.5. The lowest BCUT2D eigenvalue weighted by Crippen LogP contribution is -2.46. The normalized spacial score (nSPS) is 22.4. The van der Waals surface area contributed by atoms with Crippen molar-refractivity contribution >= 4 is 40.7 Å². The molecule has 1 fully saturated rings. The van der Waals surface area contributed by atoms with Crippen LogP contribution in [0.1, 0.15) is 19.8 Å². The summed E-state index contributed by atoms with van der Waals surface area (Å²) in [6, 6.07) is 2.82. The molecule has 1 aliphatic carbocycles. The van der Waals surface area contributed by atoms with Gasteiger partial charge in [0.05, 0.1) is 23.9 Å². The summed E-state index contributed by atoms with van der Waals surface area (Å²) in [5, 5.41) is 14.1. The summed E-state index contributed by atoms with van der Waals surface area (Å²) in [5.74, 6) is -2.44. The third-order valence-electron chi connectivity index (χ3n) is 5.01. The SMILES string of the molecule is COc1cc(NC(=O)[C@H](C)N2C(=O)[C@H]3CC=C(Cl)C[C@H]3C2=O)ccc1[N+](=O)[O-]. The van der Waals surface area contributed by atoms with Gasteiger partial charge < -0.3 is 10.1 Å². The molecule has 2 aliphatic rings. The molecule has 0 aromatic heterocycles. The van der Waals surface area contributed by atoms with Crippen LogP contribution < -0.4 is 10.1 Å². The van der Waals surface area contributed by atoms with E-state index in [9.17, 15) is 24.5 Å². The molecule has 3 amide bonds. The Labute approximate surface area is 165 Å². The molecule has 0 saturated carbocycles. The quantitative estimate of drug-likeness (QED) is 0.455. The molecule has 148 valence electrons. The first-order chi connectivity index (χ1) is 13.2. The van der Waals surface area contributed by atoms with E-state index in [1.54, 1.807) is 6.08 Å². The van der Waals surface area contributed by atoms with Crippen molar-refractivity contribution < 1.29 is 24.0 Å². The van der Waals surface area contributed by atoms with Gasteiger partial charge in [-0.15, -0.1) is 0 Å². The molecule has 1 aromatic carbocycles. The number of nitro benzene ring substituents is 1. The lowest BCUT2D eigenvalue weighted by Gasteiger charge is -2.22. The Bertz CT molecular complexity index is 899. The molecule has 1 saturated heterocycles. The van der Waals surface area contributed by atoms with Crippen LogP contribution in [0.15, 0.2) is 29.3 Å². The van der Waals surface area contributed by atoms with Gasteiger partial charge in [0, 0.05) is 22.9 Å². The predicted molar refractivity (Wildman–Crippen MR) is 99.7 cm³/mol. The van der Waals surface area contributed by atoms with Gasteiger partial charge in [0.2, 0.25) is 17.7 Å². The van der Waals surface area contributed by atoms with Gasteiger partial charge in [-0.1, -0.05) is 17.7 Å². The lowest BCUT2D eigenvalue weighted by molar-refractivity contribution is -0.385. The number of carbonyl (C=O) groups excluding carboxylic acids is 3. The van der Waals surface area contributed by atoms with Crippen LogP contribution in [-0.2, 0) is 14.4 Å². The van der Waals surface area contributed by atoms with E-state index < -0.39 is 34.6 Å². The largest absolute Gasteiger partial charge is 0.490 e. The molecule has 1 aliphatic heterocycles. The minimum absolute atomic E-state index is 0.0180. The molecule has 9 nitrogen and oxygen atoms in total. The van der Waals surface area contributed by atoms with Crippen LogP contribution in [0.3, 0.4) is 0 Å². The number of carbonyl (C=O) groups is 3. The van der Waals surface area contributed by atoms with Crippen LogP contribution in [0.25, 0.3) is 0 Å². The fraction of sp³-hybridized carbons (Fsp3) is 0.389. The number of nitro groups is 1. The van der Waals surface area contributed by atoms with E-state index in [0.717, 1.165) is 4.90 Å². The van der Waals surface area contributed by atoms with Crippen LogP contribution in [-0.4, -0.2) is 40.7 Å². The van der Waals surface area contributed by atoms with Gasteiger partial charge in [0.15, 0.2) is 5.75 Å². The molecule has 28 heavy (non-hydrogen) atoms. The molecular weight excluding hydrogens is 390 g/mol. The second-order valence-electron chi connectivity index (χ2n) is 6.66. The minimum Gasteiger partial charge on any atom is -0.490 e. The van der Waals surface area contributed by atoms with E-state index >= 15 is 0 Å². The van der Waals surface area contributed by atoms with Gasteiger partial charge in [0.25, 0.3) is 0 Å². The summed E-state index contributed by atoms with van der Waals surface area (Å²) < 4.78 is 4.97. The summed E-state index contributed by atoms with van der Waals surface area (Å²) in [6.07, 6.45) is 2.39. The van der Waals surface area contributed by atoms with Crippen LogP contribution in [0.4, 0.5) is 11.4 Å². The average molecular weight is 408 g/mol. The first-order valence-electron chi connectivity index (χ1n) is 8.59. The zero-order valence-electron chi connectivity index (χ0n) is 15.2. The van der Waals surface area contributed by atoms with Crippen LogP contribution in [0.2, 0.25) is 0 Å². The summed E-state index contributed by atoms with van der Waals surface area (Å²) >= 11 is 6.00. The van der Waals surface area contributed by atoms with Crippen molar-refractivity contribution in [2.24, 2.45) is 11.8 Å². The van der Waals surface area contributed by atoms with Gasteiger partial charge in [-0.25, -0.2) is 0 Å². The van der Waals surface area contributed by atoms with Gasteiger partial charge >= 0.3 is 5.69 Å². The van der Waals surface area contributed by atoms with Crippen molar-refractivity contribution in [3.8, 4) is 5.75 Å². The highest BCUT2D eigenvalue weighted by Gasteiger charge is 2.51. The van der Waals surface area contributed by atoms with E-state index in [4.69, 9.17) is 16.3 Å². The molecular formula is C18H18ClN3O6. The maximum Gasteiger partial charge on any atom is 0.311 e. The van der Waals surface area contributed by atoms with Crippen molar-refractivity contribution in [2.45, 2.75) is 25.8 Å². The number of methoxy groups -OCH3 is 1. The molecule has 0 spiro atoms. The zero-order valence-corrected chi connectivity index (χ0v) is 15.9. The fourth-order valence-electron chi connectivity index (χ4n) is 3.50. The number of fused-ring (bicyclic) bond motifs is 1. The fourth-order valence-corrected chi connectivity index (χ4v) is 3.76.